The third kappa shape index (κ3) is 2.34. The number of alkyl carbamates (subject to hydrolysis) is 1. The van der Waals surface area contributed by atoms with Crippen molar-refractivity contribution in [3.8, 4) is 0 Å². The molecule has 1 amide bonds. The highest BCUT2D eigenvalue weighted by Gasteiger charge is 2.47. The number of benzene rings is 1. The molecule has 1 heterocycles. The summed E-state index contributed by atoms with van der Waals surface area (Å²) in [6, 6.07) is 3.21. The van der Waals surface area contributed by atoms with E-state index in [2.05, 4.69) is 10.1 Å². The predicted octanol–water partition coefficient (Wildman–Crippen LogP) is 3.06. The van der Waals surface area contributed by atoms with Crippen molar-refractivity contribution in [2.45, 2.75) is 18.9 Å². The Morgan fingerprint density at radius 2 is 2.24 bits per heavy atom. The van der Waals surface area contributed by atoms with Crippen molar-refractivity contribution in [2.24, 2.45) is 0 Å². The first-order chi connectivity index (χ1) is 7.90. The lowest BCUT2D eigenvalue weighted by Gasteiger charge is -2.32. The van der Waals surface area contributed by atoms with Crippen molar-refractivity contribution in [1.29, 1.82) is 0 Å². The van der Waals surface area contributed by atoms with Crippen molar-refractivity contribution in [3.63, 3.8) is 0 Å². The maximum Gasteiger partial charge on any atom is 0.408 e. The fraction of sp³-hybridized carbons (Fsp3) is 0.364. The summed E-state index contributed by atoms with van der Waals surface area (Å²) in [5, 5.41) is 2.59. The fourth-order valence-electron chi connectivity index (χ4n) is 1.78. The SMILES string of the molecule is Cc1cc(Cl)ccc1[C@H]1NC(=O)OCC1(F)F. The van der Waals surface area contributed by atoms with Crippen molar-refractivity contribution >= 4 is 17.7 Å². The Morgan fingerprint density at radius 3 is 2.88 bits per heavy atom. The maximum atomic E-state index is 13.6. The van der Waals surface area contributed by atoms with Gasteiger partial charge in [0.1, 0.15) is 6.04 Å². The molecular weight excluding hydrogens is 252 g/mol. The van der Waals surface area contributed by atoms with E-state index >= 15 is 0 Å². The Bertz CT molecular complexity index is 465. The van der Waals surface area contributed by atoms with Crippen LogP contribution in [0.1, 0.15) is 17.2 Å². The summed E-state index contributed by atoms with van der Waals surface area (Å²) in [5.41, 5.74) is 0.945. The second-order valence-electron chi connectivity index (χ2n) is 3.92. The number of carbonyl (C=O) groups is 1. The van der Waals surface area contributed by atoms with Crippen LogP contribution in [0.5, 0.6) is 0 Å². The molecule has 1 saturated heterocycles. The number of hydrogen-bond donors (Lipinski definition) is 1. The van der Waals surface area contributed by atoms with Gasteiger partial charge in [-0.1, -0.05) is 17.7 Å². The third-order valence-corrected chi connectivity index (χ3v) is 2.86. The van der Waals surface area contributed by atoms with Gasteiger partial charge < -0.3 is 10.1 Å². The summed E-state index contributed by atoms with van der Waals surface area (Å²) in [6.07, 6.45) is -0.838. The molecule has 0 saturated carbocycles. The lowest BCUT2D eigenvalue weighted by molar-refractivity contribution is -0.104. The Morgan fingerprint density at radius 1 is 1.53 bits per heavy atom. The normalized spacial score (nSPS) is 22.8. The third-order valence-electron chi connectivity index (χ3n) is 2.62. The van der Waals surface area contributed by atoms with Crippen LogP contribution in [0.15, 0.2) is 18.2 Å². The maximum absolute atomic E-state index is 13.6. The van der Waals surface area contributed by atoms with Gasteiger partial charge in [0.05, 0.1) is 0 Å². The smallest absolute Gasteiger partial charge is 0.408 e. The minimum absolute atomic E-state index is 0.344. The highest BCUT2D eigenvalue weighted by atomic mass is 35.5. The molecule has 1 aromatic rings. The number of nitrogens with one attached hydrogen (secondary N) is 1. The molecule has 17 heavy (non-hydrogen) atoms. The second kappa shape index (κ2) is 4.14. The van der Waals surface area contributed by atoms with E-state index in [0.717, 1.165) is 0 Å². The molecule has 1 atom stereocenters. The number of ether oxygens (including phenoxy) is 1. The number of hydrogen-bond acceptors (Lipinski definition) is 2. The van der Waals surface area contributed by atoms with Crippen LogP contribution in [0.2, 0.25) is 5.02 Å². The molecule has 1 fully saturated rings. The topological polar surface area (TPSA) is 38.3 Å². The van der Waals surface area contributed by atoms with Crippen LogP contribution in [0.4, 0.5) is 13.6 Å². The number of halogens is 3. The summed E-state index contributed by atoms with van der Waals surface area (Å²) in [5.74, 6) is -3.13. The largest absolute Gasteiger partial charge is 0.443 e. The van der Waals surface area contributed by atoms with Gasteiger partial charge in [-0.3, -0.25) is 0 Å². The summed E-state index contributed by atoms with van der Waals surface area (Å²) >= 11 is 5.76. The van der Waals surface area contributed by atoms with E-state index in [1.54, 1.807) is 13.0 Å². The van der Waals surface area contributed by atoms with E-state index in [1.807, 2.05) is 0 Å². The molecule has 1 aliphatic heterocycles. The van der Waals surface area contributed by atoms with E-state index in [1.165, 1.54) is 12.1 Å². The lowest BCUT2D eigenvalue weighted by Crippen LogP contribution is -2.49. The zero-order chi connectivity index (χ0) is 12.6. The molecule has 0 aliphatic carbocycles. The summed E-state index contributed by atoms with van der Waals surface area (Å²) in [4.78, 5) is 11.0. The van der Waals surface area contributed by atoms with Crippen LogP contribution in [0.25, 0.3) is 0 Å². The van der Waals surface area contributed by atoms with Crippen LogP contribution >= 0.6 is 11.6 Å². The van der Waals surface area contributed by atoms with E-state index in [-0.39, 0.29) is 0 Å². The highest BCUT2D eigenvalue weighted by molar-refractivity contribution is 6.30. The molecule has 0 aromatic heterocycles. The number of rotatable bonds is 1. The highest BCUT2D eigenvalue weighted by Crippen LogP contribution is 2.36. The van der Waals surface area contributed by atoms with Gasteiger partial charge in [0, 0.05) is 5.02 Å². The van der Waals surface area contributed by atoms with Crippen molar-refractivity contribution in [2.75, 3.05) is 6.61 Å². The van der Waals surface area contributed by atoms with Gasteiger partial charge in [0.2, 0.25) is 0 Å². The van der Waals surface area contributed by atoms with Crippen LogP contribution in [0, 0.1) is 6.92 Å². The molecule has 0 spiro atoms. The van der Waals surface area contributed by atoms with Gasteiger partial charge in [-0.25, -0.2) is 13.6 Å². The number of alkyl halides is 2. The Hall–Kier alpha value is -1.36. The Kier molecular flexibility index (Phi) is 2.95. The lowest BCUT2D eigenvalue weighted by atomic mass is 9.96. The predicted molar refractivity (Wildman–Crippen MR) is 58.4 cm³/mol. The number of cyclic esters (lactones) is 1. The molecule has 1 aliphatic rings. The molecule has 2 rings (SSSR count). The second-order valence-corrected chi connectivity index (χ2v) is 4.35. The molecule has 1 N–H and O–H groups in total. The standard InChI is InChI=1S/C11H10ClF2NO2/c1-6-4-7(12)2-3-8(6)9-11(13,14)5-17-10(16)15-9/h2-4,9H,5H2,1H3,(H,15,16)/t9-/m1/s1. The van der Waals surface area contributed by atoms with Crippen LogP contribution in [0.3, 0.4) is 0 Å². The monoisotopic (exact) mass is 261 g/mol. The van der Waals surface area contributed by atoms with Gasteiger partial charge in [-0.05, 0) is 30.2 Å². The van der Waals surface area contributed by atoms with E-state index in [0.29, 0.717) is 16.1 Å². The van der Waals surface area contributed by atoms with Crippen molar-refractivity contribution in [1.82, 2.24) is 5.32 Å². The van der Waals surface area contributed by atoms with Gasteiger partial charge in [0.25, 0.3) is 0 Å². The summed E-state index contributed by atoms with van der Waals surface area (Å²) in [7, 11) is 0. The average molecular weight is 262 g/mol. The minimum atomic E-state index is -3.13. The quantitative estimate of drug-likeness (QED) is 0.844. The molecule has 3 nitrogen and oxygen atoms in total. The zero-order valence-corrected chi connectivity index (χ0v) is 9.72. The number of amides is 1. The van der Waals surface area contributed by atoms with Crippen molar-refractivity contribution in [3.05, 3.63) is 34.3 Å². The Balaban J connectivity index is 2.39. The molecule has 0 unspecified atom stereocenters. The minimum Gasteiger partial charge on any atom is -0.443 e. The van der Waals surface area contributed by atoms with E-state index in [4.69, 9.17) is 11.6 Å². The van der Waals surface area contributed by atoms with Gasteiger partial charge in [0.15, 0.2) is 6.61 Å². The van der Waals surface area contributed by atoms with Crippen LogP contribution in [-0.2, 0) is 4.74 Å². The first-order valence-electron chi connectivity index (χ1n) is 4.97. The van der Waals surface area contributed by atoms with Gasteiger partial charge in [-0.2, -0.15) is 0 Å². The van der Waals surface area contributed by atoms with Gasteiger partial charge in [-0.15, -0.1) is 0 Å². The van der Waals surface area contributed by atoms with E-state index < -0.39 is 24.7 Å². The van der Waals surface area contributed by atoms with Crippen LogP contribution < -0.4 is 5.32 Å². The molecule has 6 heteroatoms. The van der Waals surface area contributed by atoms with Crippen molar-refractivity contribution < 1.29 is 18.3 Å². The fourth-order valence-corrected chi connectivity index (χ4v) is 2.01. The summed E-state index contributed by atoms with van der Waals surface area (Å²) < 4.78 is 31.6. The zero-order valence-electron chi connectivity index (χ0n) is 8.97. The number of aryl methyl sites for hydroxylation is 1. The first kappa shape index (κ1) is 12.1. The number of carbonyl (C=O) groups excluding carboxylic acids is 1. The Labute approximate surface area is 102 Å². The van der Waals surface area contributed by atoms with Gasteiger partial charge >= 0.3 is 12.0 Å². The summed E-state index contributed by atoms with van der Waals surface area (Å²) in [6.45, 7) is 0.754. The molecule has 0 bridgehead atoms. The first-order valence-corrected chi connectivity index (χ1v) is 5.35. The van der Waals surface area contributed by atoms with E-state index in [9.17, 15) is 13.6 Å². The van der Waals surface area contributed by atoms with Crippen LogP contribution in [-0.4, -0.2) is 18.6 Å². The molecule has 0 radical (unpaired) electrons. The molecule has 1 aromatic carbocycles. The molecular formula is C11H10ClF2NO2. The molecule has 92 valence electrons. The average Bonchev–Trinajstić information content (AvgIpc) is 2.23.